The van der Waals surface area contributed by atoms with E-state index in [4.69, 9.17) is 17.0 Å². The molecular weight excluding hydrogens is 200 g/mol. The third-order valence-electron chi connectivity index (χ3n) is 1.44. The fourth-order valence-corrected chi connectivity index (χ4v) is 1.54. The van der Waals surface area contributed by atoms with Crippen molar-refractivity contribution >= 4 is 29.9 Å². The Labute approximate surface area is 89.5 Å². The van der Waals surface area contributed by atoms with Crippen molar-refractivity contribution in [2.45, 2.75) is 18.6 Å². The van der Waals surface area contributed by atoms with Crippen molar-refractivity contribution in [2.24, 2.45) is 0 Å². The summed E-state index contributed by atoms with van der Waals surface area (Å²) in [7, 11) is 0. The normalized spacial score (nSPS) is 12.2. The van der Waals surface area contributed by atoms with Crippen molar-refractivity contribution in [1.29, 1.82) is 0 Å². The zero-order valence-electron chi connectivity index (χ0n) is 7.43. The largest absolute Gasteiger partial charge is 0.450 e. The second-order valence-electron chi connectivity index (χ2n) is 2.84. The van der Waals surface area contributed by atoms with E-state index >= 15 is 0 Å². The molecule has 1 unspecified atom stereocenters. The Balaban J connectivity index is 2.46. The molecule has 0 spiro atoms. The maximum absolute atomic E-state index is 5.41. The van der Waals surface area contributed by atoms with Crippen LogP contribution in [0.15, 0.2) is 30.3 Å². The molecule has 13 heavy (non-hydrogen) atoms. The van der Waals surface area contributed by atoms with Gasteiger partial charge in [0.1, 0.15) is 5.75 Å². The molecule has 1 rings (SSSR count). The van der Waals surface area contributed by atoms with Crippen LogP contribution in [0.4, 0.5) is 0 Å². The average Bonchev–Trinajstić information content (AvgIpc) is 2.04. The third kappa shape index (κ3) is 4.29. The Morgan fingerprint density at radius 3 is 2.62 bits per heavy atom. The van der Waals surface area contributed by atoms with Crippen LogP contribution in [-0.4, -0.2) is 10.3 Å². The van der Waals surface area contributed by atoms with Gasteiger partial charge in [-0.2, -0.15) is 12.6 Å². The van der Waals surface area contributed by atoms with E-state index in [1.54, 1.807) is 0 Å². The molecule has 0 aliphatic heterocycles. The number of thiol groups is 1. The molecule has 70 valence electrons. The van der Waals surface area contributed by atoms with Gasteiger partial charge in [-0.15, -0.1) is 0 Å². The van der Waals surface area contributed by atoms with Crippen molar-refractivity contribution < 1.29 is 4.74 Å². The Bertz CT molecular complexity index is 270. The summed E-state index contributed by atoms with van der Waals surface area (Å²) in [6, 6.07) is 9.55. The van der Waals surface area contributed by atoms with Crippen LogP contribution in [0.25, 0.3) is 0 Å². The average molecular weight is 212 g/mol. The number of benzene rings is 1. The van der Waals surface area contributed by atoms with E-state index in [-0.39, 0.29) is 5.25 Å². The molecule has 0 fully saturated rings. The van der Waals surface area contributed by atoms with E-state index in [9.17, 15) is 0 Å². The first-order valence-corrected chi connectivity index (χ1v) is 5.05. The standard InChI is InChI=1S/C10H12OS2/c1-8(12)7-10(13)11-9-5-3-2-4-6-9/h2-6,8,12H,7H2,1H3. The number of hydrogen-bond donors (Lipinski definition) is 1. The van der Waals surface area contributed by atoms with Gasteiger partial charge in [-0.05, 0) is 24.4 Å². The molecule has 0 aliphatic rings. The van der Waals surface area contributed by atoms with Gasteiger partial charge in [-0.25, -0.2) is 0 Å². The van der Waals surface area contributed by atoms with Gasteiger partial charge in [0.2, 0.25) is 0 Å². The molecule has 1 aromatic rings. The molecule has 0 amide bonds. The van der Waals surface area contributed by atoms with Crippen LogP contribution in [0.2, 0.25) is 0 Å². The molecule has 0 N–H and O–H groups in total. The molecule has 0 heterocycles. The van der Waals surface area contributed by atoms with Crippen molar-refractivity contribution in [3.05, 3.63) is 30.3 Å². The lowest BCUT2D eigenvalue weighted by atomic mass is 10.3. The zero-order valence-corrected chi connectivity index (χ0v) is 9.15. The minimum Gasteiger partial charge on any atom is -0.450 e. The predicted octanol–water partition coefficient (Wildman–Crippen LogP) is 3.10. The van der Waals surface area contributed by atoms with E-state index in [0.29, 0.717) is 11.5 Å². The summed E-state index contributed by atoms with van der Waals surface area (Å²) >= 11 is 9.28. The molecule has 0 saturated carbocycles. The number of ether oxygens (including phenoxy) is 1. The summed E-state index contributed by atoms with van der Waals surface area (Å²) in [6.07, 6.45) is 0.702. The summed E-state index contributed by atoms with van der Waals surface area (Å²) in [6.45, 7) is 1.99. The van der Waals surface area contributed by atoms with Gasteiger partial charge in [0.15, 0.2) is 5.05 Å². The van der Waals surface area contributed by atoms with Gasteiger partial charge in [-0.1, -0.05) is 25.1 Å². The fraction of sp³-hybridized carbons (Fsp3) is 0.300. The van der Waals surface area contributed by atoms with Crippen LogP contribution in [0.5, 0.6) is 5.75 Å². The van der Waals surface area contributed by atoms with Crippen LogP contribution < -0.4 is 4.74 Å². The van der Waals surface area contributed by atoms with E-state index in [0.717, 1.165) is 5.75 Å². The highest BCUT2D eigenvalue weighted by Crippen LogP contribution is 2.11. The Kier molecular flexibility index (Phi) is 4.25. The SMILES string of the molecule is CC(S)CC(=S)Oc1ccccc1. The van der Waals surface area contributed by atoms with Crippen LogP contribution in [-0.2, 0) is 0 Å². The molecule has 1 aromatic carbocycles. The summed E-state index contributed by atoms with van der Waals surface area (Å²) in [4.78, 5) is 0. The third-order valence-corrected chi connectivity index (χ3v) is 1.87. The molecule has 0 bridgehead atoms. The zero-order chi connectivity index (χ0) is 9.68. The first kappa shape index (κ1) is 10.5. The molecule has 0 aliphatic carbocycles. The van der Waals surface area contributed by atoms with Crippen LogP contribution >= 0.6 is 24.8 Å². The molecule has 0 radical (unpaired) electrons. The van der Waals surface area contributed by atoms with E-state index in [1.807, 2.05) is 37.3 Å². The van der Waals surface area contributed by atoms with Crippen molar-refractivity contribution in [3.63, 3.8) is 0 Å². The second kappa shape index (κ2) is 5.25. The minimum absolute atomic E-state index is 0.246. The van der Waals surface area contributed by atoms with Crippen LogP contribution in [0, 0.1) is 0 Å². The van der Waals surface area contributed by atoms with Gasteiger partial charge in [0.05, 0.1) is 0 Å². The molecule has 1 atom stereocenters. The lowest BCUT2D eigenvalue weighted by Crippen LogP contribution is -2.09. The van der Waals surface area contributed by atoms with Gasteiger partial charge in [0.25, 0.3) is 0 Å². The van der Waals surface area contributed by atoms with Gasteiger partial charge < -0.3 is 4.74 Å². The fourth-order valence-electron chi connectivity index (χ4n) is 0.903. The lowest BCUT2D eigenvalue weighted by Gasteiger charge is -2.07. The highest BCUT2D eigenvalue weighted by atomic mass is 32.1. The van der Waals surface area contributed by atoms with Crippen molar-refractivity contribution in [2.75, 3.05) is 0 Å². The molecule has 0 aromatic heterocycles. The molecular formula is C10H12OS2. The number of hydrogen-bond acceptors (Lipinski definition) is 3. The monoisotopic (exact) mass is 212 g/mol. The van der Waals surface area contributed by atoms with Crippen LogP contribution in [0.3, 0.4) is 0 Å². The van der Waals surface area contributed by atoms with E-state index < -0.39 is 0 Å². The van der Waals surface area contributed by atoms with E-state index in [1.165, 1.54) is 0 Å². The molecule has 0 saturated heterocycles. The Morgan fingerprint density at radius 1 is 1.46 bits per heavy atom. The maximum Gasteiger partial charge on any atom is 0.168 e. The smallest absolute Gasteiger partial charge is 0.168 e. The summed E-state index contributed by atoms with van der Waals surface area (Å²) in [5, 5.41) is 0.838. The lowest BCUT2D eigenvalue weighted by molar-refractivity contribution is 0.547. The number of rotatable bonds is 3. The summed E-state index contributed by atoms with van der Waals surface area (Å²) in [5.74, 6) is 0.793. The quantitative estimate of drug-likeness (QED) is 0.609. The Morgan fingerprint density at radius 2 is 2.08 bits per heavy atom. The topological polar surface area (TPSA) is 9.23 Å². The maximum atomic E-state index is 5.41. The highest BCUT2D eigenvalue weighted by Gasteiger charge is 2.02. The number of para-hydroxylation sites is 1. The molecule has 1 nitrogen and oxygen atoms in total. The predicted molar refractivity (Wildman–Crippen MR) is 62.7 cm³/mol. The van der Waals surface area contributed by atoms with E-state index in [2.05, 4.69) is 12.6 Å². The minimum atomic E-state index is 0.246. The van der Waals surface area contributed by atoms with Crippen LogP contribution in [0.1, 0.15) is 13.3 Å². The first-order valence-electron chi connectivity index (χ1n) is 4.12. The summed E-state index contributed by atoms with van der Waals surface area (Å²) in [5.41, 5.74) is 0. The van der Waals surface area contributed by atoms with Gasteiger partial charge in [0, 0.05) is 11.7 Å². The first-order chi connectivity index (χ1) is 6.18. The summed E-state index contributed by atoms with van der Waals surface area (Å²) < 4.78 is 5.41. The van der Waals surface area contributed by atoms with Gasteiger partial charge in [-0.3, -0.25) is 0 Å². The number of thiocarbonyl (C=S) groups is 1. The molecule has 3 heteroatoms. The highest BCUT2D eigenvalue weighted by molar-refractivity contribution is 7.81. The van der Waals surface area contributed by atoms with Crippen molar-refractivity contribution in [1.82, 2.24) is 0 Å². The van der Waals surface area contributed by atoms with Gasteiger partial charge >= 0.3 is 0 Å². The second-order valence-corrected chi connectivity index (χ2v) is 4.18. The van der Waals surface area contributed by atoms with Crippen molar-refractivity contribution in [3.8, 4) is 5.75 Å². The Hall–Kier alpha value is -0.540.